The lowest BCUT2D eigenvalue weighted by molar-refractivity contribution is -0.222. The third kappa shape index (κ3) is 6.93. The van der Waals surface area contributed by atoms with E-state index in [-0.39, 0.29) is 11.4 Å². The molecule has 0 saturated carbocycles. The monoisotopic (exact) mass is 553 g/mol. The van der Waals surface area contributed by atoms with Crippen LogP contribution in [-0.2, 0) is 14.0 Å². The van der Waals surface area contributed by atoms with E-state index in [2.05, 4.69) is 5.32 Å². The molecule has 3 N–H and O–H groups in total. The number of nitrogens with one attached hydrogen (secondary N) is 1. The van der Waals surface area contributed by atoms with Crippen LogP contribution in [0.5, 0.6) is 0 Å². The summed E-state index contributed by atoms with van der Waals surface area (Å²) in [5, 5.41) is 1.84. The van der Waals surface area contributed by atoms with Crippen LogP contribution in [0.3, 0.4) is 0 Å². The van der Waals surface area contributed by atoms with Crippen LogP contribution in [0.1, 0.15) is 47.6 Å². The number of amides is 2. The minimum atomic E-state index is -4.86. The molecule has 38 heavy (non-hydrogen) atoms. The van der Waals surface area contributed by atoms with E-state index < -0.39 is 60.9 Å². The number of halogens is 3. The molecule has 1 aromatic heterocycles. The largest absolute Gasteiger partial charge is 0.413 e. The first-order valence-corrected chi connectivity index (χ1v) is 15.3. The number of benzene rings is 1. The lowest BCUT2D eigenvalue weighted by Gasteiger charge is -2.44. The maximum Gasteiger partial charge on any atom is 0.413 e. The van der Waals surface area contributed by atoms with Gasteiger partial charge in [-0.1, -0.05) is 65.0 Å². The number of carbonyl (C=O) groups is 2. The summed E-state index contributed by atoms with van der Waals surface area (Å²) < 4.78 is 51.2. The van der Waals surface area contributed by atoms with Crippen molar-refractivity contribution < 1.29 is 27.2 Å². The number of nitrogens with two attached hydrogens (primary N) is 1. The molecule has 11 heteroatoms. The minimum absolute atomic E-state index is 0.181. The van der Waals surface area contributed by atoms with Crippen molar-refractivity contribution in [1.29, 1.82) is 0 Å². The molecule has 0 aliphatic carbocycles. The van der Waals surface area contributed by atoms with Gasteiger partial charge in [0.2, 0.25) is 11.8 Å². The van der Waals surface area contributed by atoms with Crippen LogP contribution in [0, 0.1) is 11.8 Å². The Hall–Kier alpha value is -2.92. The van der Waals surface area contributed by atoms with Gasteiger partial charge < -0.3 is 15.5 Å². The van der Waals surface area contributed by atoms with Gasteiger partial charge in [-0.3, -0.25) is 19.0 Å². The van der Waals surface area contributed by atoms with Gasteiger partial charge in [0.05, 0.1) is 5.69 Å². The molecule has 1 aromatic carbocycles. The van der Waals surface area contributed by atoms with Crippen molar-refractivity contribution in [2.45, 2.75) is 78.0 Å². The maximum atomic E-state index is 14.8. The van der Waals surface area contributed by atoms with Gasteiger partial charge in [0, 0.05) is 12.8 Å². The Morgan fingerprint density at radius 1 is 1.03 bits per heavy atom. The van der Waals surface area contributed by atoms with Gasteiger partial charge in [0.15, 0.2) is 8.32 Å². The fourth-order valence-corrected chi connectivity index (χ4v) is 5.46. The normalized spacial score (nSPS) is 15.2. The lowest BCUT2D eigenvalue weighted by atomic mass is 9.82. The van der Waals surface area contributed by atoms with Crippen molar-refractivity contribution in [1.82, 2.24) is 4.57 Å². The Labute approximate surface area is 222 Å². The zero-order chi connectivity index (χ0) is 29.2. The third-order valence-corrected chi connectivity index (χ3v) is 11.6. The van der Waals surface area contributed by atoms with Gasteiger partial charge in [-0.25, -0.2) is 0 Å². The molecule has 0 saturated heterocycles. The fourth-order valence-electron chi connectivity index (χ4n) is 4.18. The number of alkyl halides is 3. The SMILES string of the molecule is CC(=O)Nc1ccc(-c2ccccc2)n(C(C(N)=O)C(C(C)C)C(O[Si](C)(C)C(C)(C)C)C(F)(F)F)c1=O. The summed E-state index contributed by atoms with van der Waals surface area (Å²) >= 11 is 0. The number of anilines is 1. The van der Waals surface area contributed by atoms with Gasteiger partial charge in [0.25, 0.3) is 5.56 Å². The number of pyridine rings is 1. The van der Waals surface area contributed by atoms with E-state index in [1.807, 2.05) is 20.8 Å². The predicted octanol–water partition coefficient (Wildman–Crippen LogP) is 5.73. The Balaban J connectivity index is 2.93. The molecule has 2 aromatic rings. The van der Waals surface area contributed by atoms with Crippen LogP contribution in [0.4, 0.5) is 18.9 Å². The molecule has 7 nitrogen and oxygen atoms in total. The molecule has 2 amide bonds. The second-order valence-electron chi connectivity index (χ2n) is 11.4. The molecule has 0 aliphatic heterocycles. The van der Waals surface area contributed by atoms with Gasteiger partial charge in [-0.15, -0.1) is 0 Å². The Morgan fingerprint density at radius 3 is 2.00 bits per heavy atom. The van der Waals surface area contributed by atoms with Crippen LogP contribution in [0.25, 0.3) is 11.3 Å². The quantitative estimate of drug-likeness (QED) is 0.387. The second kappa shape index (κ2) is 11.4. The van der Waals surface area contributed by atoms with Crippen molar-refractivity contribution in [3.05, 3.63) is 52.8 Å². The first-order chi connectivity index (χ1) is 17.3. The summed E-state index contributed by atoms with van der Waals surface area (Å²) in [4.78, 5) is 38.5. The first-order valence-electron chi connectivity index (χ1n) is 12.4. The molecule has 0 fully saturated rings. The topological polar surface area (TPSA) is 103 Å². The number of hydrogen-bond donors (Lipinski definition) is 2. The van der Waals surface area contributed by atoms with E-state index in [1.54, 1.807) is 57.3 Å². The molecule has 0 bridgehead atoms. The van der Waals surface area contributed by atoms with E-state index in [9.17, 15) is 27.6 Å². The molecule has 1 heterocycles. The molecule has 2 rings (SSSR count). The van der Waals surface area contributed by atoms with Crippen molar-refractivity contribution in [2.75, 3.05) is 5.32 Å². The predicted molar refractivity (Wildman–Crippen MR) is 145 cm³/mol. The van der Waals surface area contributed by atoms with E-state index >= 15 is 0 Å². The summed E-state index contributed by atoms with van der Waals surface area (Å²) in [6, 6.07) is 9.58. The first kappa shape index (κ1) is 31.3. The van der Waals surface area contributed by atoms with E-state index in [0.717, 1.165) is 4.57 Å². The van der Waals surface area contributed by atoms with Gasteiger partial charge in [-0.2, -0.15) is 13.2 Å². The van der Waals surface area contributed by atoms with Crippen molar-refractivity contribution in [2.24, 2.45) is 17.6 Å². The molecular formula is C27H38F3N3O4Si. The number of rotatable bonds is 9. The standard InChI is InChI=1S/C27H38F3N3O4Si/c1-16(2)21(23(27(28,29)30)37-38(7,8)26(4,5)6)22(24(31)35)33-20(18-12-10-9-11-13-18)15-14-19(25(33)36)32-17(3)34/h9-16,21-23H,1-8H3,(H2,31,35)(H,32,34). The van der Waals surface area contributed by atoms with Crippen LogP contribution in [-0.4, -0.2) is 37.0 Å². The van der Waals surface area contributed by atoms with Crippen LogP contribution in [0.15, 0.2) is 47.3 Å². The Kier molecular flexibility index (Phi) is 9.43. The zero-order valence-electron chi connectivity index (χ0n) is 23.1. The Morgan fingerprint density at radius 2 is 1.58 bits per heavy atom. The van der Waals surface area contributed by atoms with Crippen molar-refractivity contribution >= 4 is 25.8 Å². The Bertz CT molecular complexity index is 1200. The third-order valence-electron chi connectivity index (χ3n) is 7.10. The number of nitrogens with zero attached hydrogens (tertiary/aromatic N) is 1. The zero-order valence-corrected chi connectivity index (χ0v) is 24.1. The van der Waals surface area contributed by atoms with Gasteiger partial charge >= 0.3 is 6.18 Å². The van der Waals surface area contributed by atoms with Crippen LogP contribution in [0.2, 0.25) is 18.1 Å². The smallest absolute Gasteiger partial charge is 0.405 e. The summed E-state index contributed by atoms with van der Waals surface area (Å²) in [6.07, 6.45) is -7.23. The molecule has 210 valence electrons. The van der Waals surface area contributed by atoms with E-state index in [1.165, 1.54) is 19.1 Å². The van der Waals surface area contributed by atoms with Crippen LogP contribution >= 0.6 is 0 Å². The highest BCUT2D eigenvalue weighted by atomic mass is 28.4. The highest BCUT2D eigenvalue weighted by Gasteiger charge is 2.55. The lowest BCUT2D eigenvalue weighted by Crippen LogP contribution is -2.55. The van der Waals surface area contributed by atoms with Crippen molar-refractivity contribution in [3.63, 3.8) is 0 Å². The van der Waals surface area contributed by atoms with E-state index in [4.69, 9.17) is 10.2 Å². The fraction of sp³-hybridized carbons (Fsp3) is 0.519. The molecule has 3 atom stereocenters. The maximum absolute atomic E-state index is 14.8. The summed E-state index contributed by atoms with van der Waals surface area (Å²) in [6.45, 7) is 13.1. The van der Waals surface area contributed by atoms with Crippen LogP contribution < -0.4 is 16.6 Å². The summed E-state index contributed by atoms with van der Waals surface area (Å²) in [7, 11) is -3.01. The second-order valence-corrected chi connectivity index (χ2v) is 16.1. The van der Waals surface area contributed by atoms with Gasteiger partial charge in [-0.05, 0) is 41.7 Å². The van der Waals surface area contributed by atoms with Gasteiger partial charge in [0.1, 0.15) is 17.8 Å². The number of primary amides is 1. The minimum Gasteiger partial charge on any atom is -0.405 e. The molecule has 0 spiro atoms. The summed E-state index contributed by atoms with van der Waals surface area (Å²) in [5.74, 6) is -3.99. The van der Waals surface area contributed by atoms with E-state index in [0.29, 0.717) is 5.56 Å². The summed E-state index contributed by atoms with van der Waals surface area (Å²) in [5.41, 5.74) is 5.46. The molecule has 3 unspecified atom stereocenters. The average molecular weight is 554 g/mol. The number of carbonyl (C=O) groups excluding carboxylic acids is 2. The highest BCUT2D eigenvalue weighted by Crippen LogP contribution is 2.45. The molecular weight excluding hydrogens is 515 g/mol. The molecule has 0 radical (unpaired) electrons. The molecule has 0 aliphatic rings. The highest BCUT2D eigenvalue weighted by molar-refractivity contribution is 6.74. The number of hydrogen-bond acceptors (Lipinski definition) is 4. The van der Waals surface area contributed by atoms with Crippen molar-refractivity contribution in [3.8, 4) is 11.3 Å². The number of aromatic nitrogens is 1. The average Bonchev–Trinajstić information content (AvgIpc) is 2.76.